The van der Waals surface area contributed by atoms with Crippen LogP contribution in [0.2, 0.25) is 0 Å². The van der Waals surface area contributed by atoms with Crippen LogP contribution in [0.5, 0.6) is 0 Å². The van der Waals surface area contributed by atoms with Gasteiger partial charge in [0.05, 0.1) is 11.4 Å². The van der Waals surface area contributed by atoms with E-state index in [-0.39, 0.29) is 0 Å². The molecule has 0 spiro atoms. The molecule has 1 aliphatic heterocycles. The molecule has 2 rings (SSSR count). The predicted molar refractivity (Wildman–Crippen MR) is 66.3 cm³/mol. The van der Waals surface area contributed by atoms with Crippen LogP contribution >= 0.6 is 0 Å². The van der Waals surface area contributed by atoms with Crippen molar-refractivity contribution in [3.8, 4) is 0 Å². The summed E-state index contributed by atoms with van der Waals surface area (Å²) in [7, 11) is 2.15. The number of nitrogens with zero attached hydrogens (tertiary/aromatic N) is 3. The van der Waals surface area contributed by atoms with Crippen LogP contribution in [0.15, 0.2) is 6.58 Å². The van der Waals surface area contributed by atoms with E-state index in [0.29, 0.717) is 5.92 Å². The van der Waals surface area contributed by atoms with E-state index in [1.165, 1.54) is 17.0 Å². The molecule has 0 saturated heterocycles. The second kappa shape index (κ2) is 4.34. The monoisotopic (exact) mass is 217 g/mol. The lowest BCUT2D eigenvalue weighted by Gasteiger charge is -2.27. The largest absolute Gasteiger partial charge is 0.302 e. The molecular formula is C13H19N3. The maximum atomic E-state index is 4.58. The first-order valence-electron chi connectivity index (χ1n) is 5.82. The van der Waals surface area contributed by atoms with Gasteiger partial charge in [0.25, 0.3) is 0 Å². The van der Waals surface area contributed by atoms with Gasteiger partial charge in [-0.3, -0.25) is 0 Å². The lowest BCUT2D eigenvalue weighted by atomic mass is 9.98. The molecule has 0 saturated carbocycles. The molecule has 1 aromatic rings. The Bertz CT molecular complexity index is 410. The van der Waals surface area contributed by atoms with Crippen LogP contribution in [0.25, 0.3) is 6.08 Å². The van der Waals surface area contributed by atoms with Crippen LogP contribution in [-0.4, -0.2) is 28.5 Å². The summed E-state index contributed by atoms with van der Waals surface area (Å²) in [5, 5.41) is 0. The Balaban J connectivity index is 2.53. The van der Waals surface area contributed by atoms with Crippen LogP contribution < -0.4 is 0 Å². The quantitative estimate of drug-likeness (QED) is 0.760. The van der Waals surface area contributed by atoms with Crippen molar-refractivity contribution in [3.05, 3.63) is 29.4 Å². The van der Waals surface area contributed by atoms with Gasteiger partial charge >= 0.3 is 0 Å². The van der Waals surface area contributed by atoms with Gasteiger partial charge in [-0.05, 0) is 19.0 Å². The summed E-state index contributed by atoms with van der Waals surface area (Å²) in [5.74, 6) is 1.22. The summed E-state index contributed by atoms with van der Waals surface area (Å²) < 4.78 is 0. The molecule has 2 heterocycles. The Morgan fingerprint density at radius 3 is 2.75 bits per heavy atom. The first-order chi connectivity index (χ1) is 7.61. The van der Waals surface area contributed by atoms with E-state index in [0.717, 1.165) is 25.3 Å². The normalized spacial score (nSPS) is 16.2. The average Bonchev–Trinajstić information content (AvgIpc) is 2.27. The lowest BCUT2D eigenvalue weighted by molar-refractivity contribution is 0.306. The van der Waals surface area contributed by atoms with Crippen molar-refractivity contribution in [2.24, 2.45) is 0 Å². The molecule has 3 heteroatoms. The lowest BCUT2D eigenvalue weighted by Crippen LogP contribution is -2.29. The molecule has 0 unspecified atom stereocenters. The van der Waals surface area contributed by atoms with Gasteiger partial charge in [-0.2, -0.15) is 0 Å². The van der Waals surface area contributed by atoms with Crippen molar-refractivity contribution in [1.29, 1.82) is 0 Å². The summed E-state index contributed by atoms with van der Waals surface area (Å²) in [4.78, 5) is 11.5. The maximum absolute atomic E-state index is 4.58. The number of fused-ring (bicyclic) bond motifs is 1. The maximum Gasteiger partial charge on any atom is 0.151 e. The van der Waals surface area contributed by atoms with Crippen molar-refractivity contribution in [3.63, 3.8) is 0 Å². The fourth-order valence-electron chi connectivity index (χ4n) is 2.16. The average molecular weight is 217 g/mol. The molecule has 86 valence electrons. The highest BCUT2D eigenvalue weighted by Crippen LogP contribution is 2.24. The van der Waals surface area contributed by atoms with E-state index in [2.05, 4.69) is 42.3 Å². The molecule has 0 fully saturated rings. The highest BCUT2D eigenvalue weighted by molar-refractivity contribution is 5.41. The van der Waals surface area contributed by atoms with Crippen LogP contribution in [0.4, 0.5) is 0 Å². The molecule has 16 heavy (non-hydrogen) atoms. The van der Waals surface area contributed by atoms with Crippen LogP contribution in [0.1, 0.15) is 42.5 Å². The second-order valence-corrected chi connectivity index (χ2v) is 4.74. The molecule has 0 aliphatic carbocycles. The van der Waals surface area contributed by atoms with Crippen molar-refractivity contribution < 1.29 is 0 Å². The standard InChI is InChI=1S/C13H19N3/c1-5-12-14-11-6-7-16(4)8-10(11)13(15-12)9(2)3/h5,9H,1,6-8H2,2-4H3. The van der Waals surface area contributed by atoms with Crippen molar-refractivity contribution in [1.82, 2.24) is 14.9 Å². The van der Waals surface area contributed by atoms with Gasteiger partial charge in [-0.25, -0.2) is 9.97 Å². The molecule has 0 N–H and O–H groups in total. The second-order valence-electron chi connectivity index (χ2n) is 4.74. The number of rotatable bonds is 2. The van der Waals surface area contributed by atoms with E-state index in [1.807, 2.05) is 0 Å². The Morgan fingerprint density at radius 1 is 1.38 bits per heavy atom. The van der Waals surface area contributed by atoms with Crippen molar-refractivity contribution in [2.75, 3.05) is 13.6 Å². The first-order valence-corrected chi connectivity index (χ1v) is 5.82. The van der Waals surface area contributed by atoms with Crippen LogP contribution in [-0.2, 0) is 13.0 Å². The molecular weight excluding hydrogens is 198 g/mol. The fourth-order valence-corrected chi connectivity index (χ4v) is 2.16. The zero-order valence-electron chi connectivity index (χ0n) is 10.3. The zero-order valence-corrected chi connectivity index (χ0v) is 10.3. The number of aromatic nitrogens is 2. The van der Waals surface area contributed by atoms with E-state index >= 15 is 0 Å². The molecule has 3 nitrogen and oxygen atoms in total. The summed E-state index contributed by atoms with van der Waals surface area (Å²) in [6.07, 6.45) is 2.76. The van der Waals surface area contributed by atoms with Crippen molar-refractivity contribution in [2.45, 2.75) is 32.7 Å². The van der Waals surface area contributed by atoms with Gasteiger partial charge in [-0.1, -0.05) is 20.4 Å². The Morgan fingerprint density at radius 2 is 2.12 bits per heavy atom. The minimum atomic E-state index is 0.446. The fraction of sp³-hybridized carbons (Fsp3) is 0.538. The van der Waals surface area contributed by atoms with Gasteiger partial charge < -0.3 is 4.90 Å². The highest BCUT2D eigenvalue weighted by Gasteiger charge is 2.21. The van der Waals surface area contributed by atoms with E-state index in [4.69, 9.17) is 0 Å². The SMILES string of the molecule is C=Cc1nc2c(c(C(C)C)n1)CN(C)CC2. The molecule has 1 aliphatic rings. The molecule has 0 aromatic carbocycles. The minimum absolute atomic E-state index is 0.446. The summed E-state index contributed by atoms with van der Waals surface area (Å²) in [6, 6.07) is 0. The highest BCUT2D eigenvalue weighted by atomic mass is 15.1. The Kier molecular flexibility index (Phi) is 3.06. The Labute approximate surface area is 97.2 Å². The predicted octanol–water partition coefficient (Wildman–Crippen LogP) is 2.23. The smallest absolute Gasteiger partial charge is 0.151 e. The third kappa shape index (κ3) is 2.00. The van der Waals surface area contributed by atoms with Gasteiger partial charge in [-0.15, -0.1) is 0 Å². The summed E-state index contributed by atoms with van der Waals surface area (Å²) >= 11 is 0. The third-order valence-corrected chi connectivity index (χ3v) is 3.03. The van der Waals surface area contributed by atoms with E-state index < -0.39 is 0 Å². The van der Waals surface area contributed by atoms with Gasteiger partial charge in [0.2, 0.25) is 0 Å². The summed E-state index contributed by atoms with van der Waals surface area (Å²) in [5.41, 5.74) is 3.73. The first kappa shape index (κ1) is 11.3. The molecule has 0 radical (unpaired) electrons. The van der Waals surface area contributed by atoms with E-state index in [1.54, 1.807) is 6.08 Å². The molecule has 0 atom stereocenters. The van der Waals surface area contributed by atoms with Crippen LogP contribution in [0, 0.1) is 0 Å². The Hall–Kier alpha value is -1.22. The molecule has 0 amide bonds. The topological polar surface area (TPSA) is 29.0 Å². The van der Waals surface area contributed by atoms with E-state index in [9.17, 15) is 0 Å². The minimum Gasteiger partial charge on any atom is -0.302 e. The van der Waals surface area contributed by atoms with Gasteiger partial charge in [0, 0.05) is 25.1 Å². The zero-order chi connectivity index (χ0) is 11.7. The van der Waals surface area contributed by atoms with Gasteiger partial charge in [0.15, 0.2) is 5.82 Å². The van der Waals surface area contributed by atoms with Gasteiger partial charge in [0.1, 0.15) is 0 Å². The number of likely N-dealkylation sites (N-methyl/N-ethyl adjacent to an activating group) is 1. The number of hydrogen-bond donors (Lipinski definition) is 0. The summed E-state index contributed by atoms with van der Waals surface area (Å²) in [6.45, 7) is 10.2. The third-order valence-electron chi connectivity index (χ3n) is 3.03. The van der Waals surface area contributed by atoms with Crippen LogP contribution in [0.3, 0.4) is 0 Å². The van der Waals surface area contributed by atoms with Crippen molar-refractivity contribution >= 4 is 6.08 Å². The molecule has 1 aromatic heterocycles. The number of hydrogen-bond acceptors (Lipinski definition) is 3. The molecule has 0 bridgehead atoms.